The van der Waals surface area contributed by atoms with Gasteiger partial charge in [-0.05, 0) is 24.8 Å². The molecule has 2 aromatic rings. The quantitative estimate of drug-likeness (QED) is 0.765. The molecule has 0 fully saturated rings. The van der Waals surface area contributed by atoms with Crippen LogP contribution in [0.25, 0.3) is 11.5 Å². The molecule has 112 valence electrons. The Morgan fingerprint density at radius 1 is 1.48 bits per heavy atom. The number of aromatic nitrogens is 1. The van der Waals surface area contributed by atoms with E-state index in [2.05, 4.69) is 10.3 Å². The van der Waals surface area contributed by atoms with Crippen molar-refractivity contribution in [2.75, 3.05) is 6.54 Å². The number of rotatable bonds is 7. The topological polar surface area (TPSA) is 92.4 Å². The van der Waals surface area contributed by atoms with Crippen LogP contribution in [0.3, 0.4) is 0 Å². The number of nitrogens with zero attached hydrogens (tertiary/aromatic N) is 1. The van der Waals surface area contributed by atoms with Crippen LogP contribution in [0.1, 0.15) is 24.3 Å². The van der Waals surface area contributed by atoms with Crippen LogP contribution < -0.4 is 5.32 Å². The highest BCUT2D eigenvalue weighted by Crippen LogP contribution is 2.23. The lowest BCUT2D eigenvalue weighted by Gasteiger charge is -2.02. The summed E-state index contributed by atoms with van der Waals surface area (Å²) < 4.78 is 5.55. The summed E-state index contributed by atoms with van der Waals surface area (Å²) in [6.45, 7) is 2.12. The average molecular weight is 308 g/mol. The number of carboxylic acid groups (broad SMARTS) is 1. The lowest BCUT2D eigenvalue weighted by atomic mass is 10.2. The smallest absolute Gasteiger partial charge is 0.303 e. The maximum absolute atomic E-state index is 11.8. The van der Waals surface area contributed by atoms with E-state index >= 15 is 0 Å². The number of thiophene rings is 1. The fraction of sp³-hybridized carbons (Fsp3) is 0.357. The number of carbonyl (C=O) groups is 2. The van der Waals surface area contributed by atoms with Crippen molar-refractivity contribution >= 4 is 23.2 Å². The van der Waals surface area contributed by atoms with Crippen LogP contribution in [0.15, 0.2) is 21.2 Å². The van der Waals surface area contributed by atoms with Gasteiger partial charge in [-0.25, -0.2) is 4.98 Å². The van der Waals surface area contributed by atoms with Crippen LogP contribution >= 0.6 is 11.3 Å². The Bertz CT molecular complexity index is 619. The second-order valence-corrected chi connectivity index (χ2v) is 5.34. The molecule has 0 unspecified atom stereocenters. The van der Waals surface area contributed by atoms with Crippen LogP contribution in [0.5, 0.6) is 0 Å². The Kier molecular flexibility index (Phi) is 5.10. The first-order chi connectivity index (χ1) is 10.1. The molecule has 0 aliphatic carbocycles. The van der Waals surface area contributed by atoms with Gasteiger partial charge in [0.25, 0.3) is 0 Å². The van der Waals surface area contributed by atoms with Gasteiger partial charge in [-0.15, -0.1) is 0 Å². The molecule has 2 heterocycles. The Morgan fingerprint density at radius 2 is 2.29 bits per heavy atom. The number of amides is 1. The molecule has 7 heteroatoms. The minimum Gasteiger partial charge on any atom is -0.481 e. The number of aliphatic carboxylic acids is 1. The number of aryl methyl sites for hydroxylation is 1. The fourth-order valence-corrected chi connectivity index (χ4v) is 2.41. The molecular formula is C14H16N2O4S. The molecule has 0 bridgehead atoms. The van der Waals surface area contributed by atoms with Gasteiger partial charge in [0.1, 0.15) is 5.76 Å². The van der Waals surface area contributed by atoms with Crippen molar-refractivity contribution < 1.29 is 19.1 Å². The van der Waals surface area contributed by atoms with Crippen molar-refractivity contribution in [3.05, 3.63) is 28.3 Å². The fourth-order valence-electron chi connectivity index (χ4n) is 1.78. The van der Waals surface area contributed by atoms with E-state index in [1.807, 2.05) is 16.8 Å². The largest absolute Gasteiger partial charge is 0.481 e. The monoisotopic (exact) mass is 308 g/mol. The van der Waals surface area contributed by atoms with Crippen LogP contribution in [-0.2, 0) is 16.0 Å². The zero-order valence-electron chi connectivity index (χ0n) is 11.6. The van der Waals surface area contributed by atoms with Gasteiger partial charge < -0.3 is 14.8 Å². The lowest BCUT2D eigenvalue weighted by molar-refractivity contribution is -0.137. The molecule has 0 spiro atoms. The van der Waals surface area contributed by atoms with Gasteiger partial charge >= 0.3 is 5.97 Å². The molecule has 0 aliphatic heterocycles. The van der Waals surface area contributed by atoms with Crippen LogP contribution in [0, 0.1) is 6.92 Å². The van der Waals surface area contributed by atoms with Gasteiger partial charge in [-0.2, -0.15) is 11.3 Å². The third-order valence-electron chi connectivity index (χ3n) is 2.88. The van der Waals surface area contributed by atoms with Crippen molar-refractivity contribution in [3.8, 4) is 11.5 Å². The summed E-state index contributed by atoms with van der Waals surface area (Å²) in [7, 11) is 0. The van der Waals surface area contributed by atoms with E-state index in [0.717, 1.165) is 5.56 Å². The van der Waals surface area contributed by atoms with E-state index < -0.39 is 5.97 Å². The highest BCUT2D eigenvalue weighted by atomic mass is 32.1. The highest BCUT2D eigenvalue weighted by Gasteiger charge is 2.14. The summed E-state index contributed by atoms with van der Waals surface area (Å²) in [5, 5.41) is 15.1. The minimum atomic E-state index is -0.864. The summed E-state index contributed by atoms with van der Waals surface area (Å²) >= 11 is 1.55. The molecule has 2 rings (SSSR count). The van der Waals surface area contributed by atoms with E-state index in [4.69, 9.17) is 9.52 Å². The van der Waals surface area contributed by atoms with E-state index in [0.29, 0.717) is 30.3 Å². The van der Waals surface area contributed by atoms with Gasteiger partial charge in [0.15, 0.2) is 0 Å². The maximum Gasteiger partial charge on any atom is 0.303 e. The second-order valence-electron chi connectivity index (χ2n) is 4.56. The Balaban J connectivity index is 1.88. The first kappa shape index (κ1) is 15.2. The summed E-state index contributed by atoms with van der Waals surface area (Å²) in [5.41, 5.74) is 1.50. The van der Waals surface area contributed by atoms with Gasteiger partial charge in [0.05, 0.1) is 12.1 Å². The molecule has 21 heavy (non-hydrogen) atoms. The van der Waals surface area contributed by atoms with Crippen molar-refractivity contribution in [2.24, 2.45) is 0 Å². The molecule has 2 N–H and O–H groups in total. The molecule has 0 aliphatic rings. The third kappa shape index (κ3) is 4.42. The zero-order chi connectivity index (χ0) is 15.2. The molecule has 2 aromatic heterocycles. The molecular weight excluding hydrogens is 292 g/mol. The number of nitrogens with one attached hydrogen (secondary N) is 1. The summed E-state index contributed by atoms with van der Waals surface area (Å²) in [6, 6.07) is 1.91. The van der Waals surface area contributed by atoms with E-state index in [-0.39, 0.29) is 18.7 Å². The minimum absolute atomic E-state index is 0.0472. The van der Waals surface area contributed by atoms with Gasteiger partial charge in [0.2, 0.25) is 11.8 Å². The molecule has 0 atom stereocenters. The summed E-state index contributed by atoms with van der Waals surface area (Å²) in [4.78, 5) is 26.5. The van der Waals surface area contributed by atoms with E-state index in [1.54, 1.807) is 18.3 Å². The first-order valence-electron chi connectivity index (χ1n) is 6.53. The van der Waals surface area contributed by atoms with Gasteiger partial charge in [0, 0.05) is 23.9 Å². The van der Waals surface area contributed by atoms with Crippen molar-refractivity contribution in [1.29, 1.82) is 0 Å². The predicted molar refractivity (Wildman–Crippen MR) is 78.1 cm³/mol. The van der Waals surface area contributed by atoms with E-state index in [1.165, 1.54) is 0 Å². The Morgan fingerprint density at radius 3 is 2.95 bits per heavy atom. The lowest BCUT2D eigenvalue weighted by Crippen LogP contribution is -2.26. The van der Waals surface area contributed by atoms with Gasteiger partial charge in [-0.1, -0.05) is 0 Å². The van der Waals surface area contributed by atoms with Crippen LogP contribution in [0.2, 0.25) is 0 Å². The van der Waals surface area contributed by atoms with Crippen LogP contribution in [0.4, 0.5) is 0 Å². The molecule has 1 amide bonds. The SMILES string of the molecule is Cc1oc(-c2ccsc2)nc1CC(=O)NCCCC(=O)O. The van der Waals surface area contributed by atoms with Crippen LogP contribution in [-0.4, -0.2) is 28.5 Å². The number of carboxylic acids is 1. The normalized spacial score (nSPS) is 10.5. The third-order valence-corrected chi connectivity index (χ3v) is 3.56. The summed E-state index contributed by atoms with van der Waals surface area (Å²) in [6.07, 6.45) is 0.594. The predicted octanol–water partition coefficient (Wildman–Crippen LogP) is 2.24. The summed E-state index contributed by atoms with van der Waals surface area (Å²) in [5.74, 6) is 0.0879. The molecule has 0 saturated heterocycles. The van der Waals surface area contributed by atoms with E-state index in [9.17, 15) is 9.59 Å². The number of oxazole rings is 1. The van der Waals surface area contributed by atoms with Gasteiger partial charge in [-0.3, -0.25) is 9.59 Å². The molecule has 0 radical (unpaired) electrons. The van der Waals surface area contributed by atoms with Crippen molar-refractivity contribution in [1.82, 2.24) is 10.3 Å². The molecule has 6 nitrogen and oxygen atoms in total. The first-order valence-corrected chi connectivity index (χ1v) is 7.48. The number of carbonyl (C=O) groups excluding carboxylic acids is 1. The zero-order valence-corrected chi connectivity index (χ0v) is 12.4. The molecule has 0 aromatic carbocycles. The van der Waals surface area contributed by atoms with Crippen molar-refractivity contribution in [2.45, 2.75) is 26.2 Å². The number of hydrogen-bond acceptors (Lipinski definition) is 5. The highest BCUT2D eigenvalue weighted by molar-refractivity contribution is 7.08. The maximum atomic E-state index is 11.8. The Labute approximate surface area is 125 Å². The second kappa shape index (κ2) is 7.03. The Hall–Kier alpha value is -2.15. The van der Waals surface area contributed by atoms with Crippen molar-refractivity contribution in [3.63, 3.8) is 0 Å². The standard InChI is InChI=1S/C14H16N2O4S/c1-9-11(7-12(17)15-5-2-3-13(18)19)16-14(20-9)10-4-6-21-8-10/h4,6,8H,2-3,5,7H2,1H3,(H,15,17)(H,18,19). The number of hydrogen-bond donors (Lipinski definition) is 2. The molecule has 0 saturated carbocycles. The average Bonchev–Trinajstić information content (AvgIpc) is 3.05.